The van der Waals surface area contributed by atoms with Gasteiger partial charge < -0.3 is 4.90 Å². The van der Waals surface area contributed by atoms with Crippen LogP contribution in [0.1, 0.15) is 56.7 Å². The van der Waals surface area contributed by atoms with Crippen molar-refractivity contribution in [2.24, 2.45) is 5.92 Å². The van der Waals surface area contributed by atoms with E-state index in [9.17, 15) is 4.79 Å². The Kier molecular flexibility index (Phi) is 5.10. The zero-order chi connectivity index (χ0) is 16.4. The predicted molar refractivity (Wildman–Crippen MR) is 93.4 cm³/mol. The lowest BCUT2D eigenvalue weighted by molar-refractivity contribution is -0.126. The number of unbranched alkanes of at least 4 members (excludes halogenated alkanes) is 1. The van der Waals surface area contributed by atoms with Crippen molar-refractivity contribution in [3.8, 4) is 0 Å². The van der Waals surface area contributed by atoms with E-state index in [1.807, 2.05) is 17.7 Å². The number of hydrogen-bond acceptors (Lipinski definition) is 2. The number of carbonyl (C=O) groups is 1. The Morgan fingerprint density at radius 2 is 2.13 bits per heavy atom. The molecular formula is C18H26ClN3O. The minimum Gasteiger partial charge on any atom is -0.336 e. The van der Waals surface area contributed by atoms with Crippen molar-refractivity contribution in [2.75, 3.05) is 6.54 Å². The highest BCUT2D eigenvalue weighted by Gasteiger charge is 2.35. The molecule has 1 amide bonds. The summed E-state index contributed by atoms with van der Waals surface area (Å²) < 4.78 is 1.84. The Bertz CT molecular complexity index is 600. The molecule has 2 saturated carbocycles. The van der Waals surface area contributed by atoms with Crippen LogP contribution in [0.25, 0.3) is 6.08 Å². The van der Waals surface area contributed by atoms with E-state index in [1.54, 1.807) is 6.08 Å². The molecule has 2 fully saturated rings. The molecule has 0 bridgehead atoms. The molecule has 1 heterocycles. The summed E-state index contributed by atoms with van der Waals surface area (Å²) in [6.45, 7) is 5.85. The number of rotatable bonds is 8. The van der Waals surface area contributed by atoms with E-state index in [0.29, 0.717) is 11.2 Å². The monoisotopic (exact) mass is 335 g/mol. The lowest BCUT2D eigenvalue weighted by Crippen LogP contribution is -2.33. The first-order chi connectivity index (χ1) is 11.1. The van der Waals surface area contributed by atoms with Gasteiger partial charge in [-0.05, 0) is 51.0 Å². The minimum atomic E-state index is 0.121. The van der Waals surface area contributed by atoms with Crippen LogP contribution in [0.3, 0.4) is 0 Å². The zero-order valence-electron chi connectivity index (χ0n) is 14.1. The summed E-state index contributed by atoms with van der Waals surface area (Å²) in [5.41, 5.74) is 1.76. The van der Waals surface area contributed by atoms with E-state index >= 15 is 0 Å². The molecule has 2 aliphatic rings. The molecule has 0 N–H and O–H groups in total. The van der Waals surface area contributed by atoms with Gasteiger partial charge in [0.15, 0.2) is 0 Å². The minimum absolute atomic E-state index is 0.121. The molecule has 0 aliphatic heterocycles. The first-order valence-corrected chi connectivity index (χ1v) is 9.19. The SMILES string of the molecule is CCCCn1nc(C)c(/C=C/C(=O)N(CC2CC2)C2CC2)c1Cl. The van der Waals surface area contributed by atoms with Crippen LogP contribution in [-0.2, 0) is 11.3 Å². The molecule has 1 aromatic heterocycles. The Labute approximate surface area is 143 Å². The van der Waals surface area contributed by atoms with Crippen LogP contribution < -0.4 is 0 Å². The van der Waals surface area contributed by atoms with Gasteiger partial charge in [0.25, 0.3) is 0 Å². The van der Waals surface area contributed by atoms with Gasteiger partial charge in [-0.2, -0.15) is 5.10 Å². The molecule has 0 atom stereocenters. The van der Waals surface area contributed by atoms with Crippen molar-refractivity contribution in [1.82, 2.24) is 14.7 Å². The number of aromatic nitrogens is 2. The van der Waals surface area contributed by atoms with E-state index in [1.165, 1.54) is 12.8 Å². The third-order valence-electron chi connectivity index (χ3n) is 4.65. The van der Waals surface area contributed by atoms with Gasteiger partial charge in [-0.3, -0.25) is 9.48 Å². The first-order valence-electron chi connectivity index (χ1n) is 8.81. The van der Waals surface area contributed by atoms with Gasteiger partial charge >= 0.3 is 0 Å². The van der Waals surface area contributed by atoms with Crippen LogP contribution in [-0.4, -0.2) is 33.2 Å². The van der Waals surface area contributed by atoms with Gasteiger partial charge in [0, 0.05) is 30.8 Å². The molecule has 23 heavy (non-hydrogen) atoms. The molecule has 2 aliphatic carbocycles. The third-order valence-corrected chi connectivity index (χ3v) is 5.05. The summed E-state index contributed by atoms with van der Waals surface area (Å²) in [6, 6.07) is 0.469. The second kappa shape index (κ2) is 7.08. The van der Waals surface area contributed by atoms with E-state index in [4.69, 9.17) is 11.6 Å². The fourth-order valence-electron chi connectivity index (χ4n) is 2.85. The molecule has 0 aromatic carbocycles. The molecule has 0 unspecified atom stereocenters. The molecule has 126 valence electrons. The highest BCUT2D eigenvalue weighted by atomic mass is 35.5. The fourth-order valence-corrected chi connectivity index (χ4v) is 3.17. The van der Waals surface area contributed by atoms with E-state index in [0.717, 1.165) is 55.9 Å². The Hall–Kier alpha value is -1.29. The van der Waals surface area contributed by atoms with Crippen LogP contribution in [0.2, 0.25) is 5.15 Å². The maximum Gasteiger partial charge on any atom is 0.246 e. The van der Waals surface area contributed by atoms with Crippen LogP contribution in [0, 0.1) is 12.8 Å². The van der Waals surface area contributed by atoms with Gasteiger partial charge in [-0.15, -0.1) is 0 Å². The van der Waals surface area contributed by atoms with Crippen LogP contribution in [0.4, 0.5) is 0 Å². The van der Waals surface area contributed by atoms with Gasteiger partial charge in [0.2, 0.25) is 5.91 Å². The number of aryl methyl sites for hydroxylation is 2. The van der Waals surface area contributed by atoms with Gasteiger partial charge in [-0.25, -0.2) is 0 Å². The van der Waals surface area contributed by atoms with Gasteiger partial charge in [-0.1, -0.05) is 24.9 Å². The van der Waals surface area contributed by atoms with Crippen molar-refractivity contribution in [2.45, 2.75) is 65.0 Å². The molecule has 4 nitrogen and oxygen atoms in total. The van der Waals surface area contributed by atoms with E-state index < -0.39 is 0 Å². The summed E-state index contributed by atoms with van der Waals surface area (Å²) >= 11 is 6.42. The highest BCUT2D eigenvalue weighted by molar-refractivity contribution is 6.31. The third kappa shape index (κ3) is 4.17. The normalized spacial score (nSPS) is 17.9. The Morgan fingerprint density at radius 1 is 1.39 bits per heavy atom. The molecule has 3 rings (SSSR count). The van der Waals surface area contributed by atoms with Crippen molar-refractivity contribution < 1.29 is 4.79 Å². The molecule has 0 saturated heterocycles. The van der Waals surface area contributed by atoms with Crippen molar-refractivity contribution in [3.05, 3.63) is 22.5 Å². The number of carbonyl (C=O) groups excluding carboxylic acids is 1. The average molecular weight is 336 g/mol. The number of halogens is 1. The van der Waals surface area contributed by atoms with Crippen molar-refractivity contribution >= 4 is 23.6 Å². The topological polar surface area (TPSA) is 38.1 Å². The molecule has 0 spiro atoms. The number of hydrogen-bond donors (Lipinski definition) is 0. The maximum atomic E-state index is 12.5. The van der Waals surface area contributed by atoms with E-state index in [-0.39, 0.29) is 5.91 Å². The van der Waals surface area contributed by atoms with Crippen molar-refractivity contribution in [3.63, 3.8) is 0 Å². The second-order valence-electron chi connectivity index (χ2n) is 6.87. The number of amides is 1. The number of nitrogens with zero attached hydrogens (tertiary/aromatic N) is 3. The molecule has 1 aromatic rings. The predicted octanol–water partition coefficient (Wildman–Crippen LogP) is 4.06. The second-order valence-corrected chi connectivity index (χ2v) is 7.22. The lowest BCUT2D eigenvalue weighted by Gasteiger charge is -2.20. The smallest absolute Gasteiger partial charge is 0.246 e. The van der Waals surface area contributed by atoms with Gasteiger partial charge in [0.1, 0.15) is 5.15 Å². The average Bonchev–Trinajstić information content (AvgIpc) is 3.42. The first kappa shape index (κ1) is 16.6. The molecular weight excluding hydrogens is 310 g/mol. The Balaban J connectivity index is 1.68. The van der Waals surface area contributed by atoms with Gasteiger partial charge in [0.05, 0.1) is 5.69 Å². The summed E-state index contributed by atoms with van der Waals surface area (Å²) in [5.74, 6) is 0.853. The molecule has 0 radical (unpaired) electrons. The van der Waals surface area contributed by atoms with Crippen LogP contribution in [0.15, 0.2) is 6.08 Å². The largest absolute Gasteiger partial charge is 0.336 e. The fraction of sp³-hybridized carbons (Fsp3) is 0.667. The summed E-state index contributed by atoms with van der Waals surface area (Å²) in [7, 11) is 0. The standard InChI is InChI=1S/C18H26ClN3O/c1-3-4-11-22-18(19)16(13(2)20-22)9-10-17(23)21(15-7-8-15)12-14-5-6-14/h9-10,14-15H,3-8,11-12H2,1-2H3/b10-9+. The zero-order valence-corrected chi connectivity index (χ0v) is 14.9. The van der Waals surface area contributed by atoms with E-state index in [2.05, 4.69) is 16.9 Å². The quantitative estimate of drug-likeness (QED) is 0.672. The Morgan fingerprint density at radius 3 is 2.74 bits per heavy atom. The summed E-state index contributed by atoms with van der Waals surface area (Å²) in [4.78, 5) is 14.6. The van der Waals surface area contributed by atoms with Crippen molar-refractivity contribution in [1.29, 1.82) is 0 Å². The lowest BCUT2D eigenvalue weighted by atomic mass is 10.2. The van der Waals surface area contributed by atoms with Crippen LogP contribution in [0.5, 0.6) is 0 Å². The van der Waals surface area contributed by atoms with Crippen LogP contribution >= 0.6 is 11.6 Å². The maximum absolute atomic E-state index is 12.5. The summed E-state index contributed by atoms with van der Waals surface area (Å²) in [6.07, 6.45) is 10.5. The molecule has 5 heteroatoms. The highest BCUT2D eigenvalue weighted by Crippen LogP contribution is 2.35. The summed E-state index contributed by atoms with van der Waals surface area (Å²) in [5, 5.41) is 5.12.